The van der Waals surface area contributed by atoms with Gasteiger partial charge in [0.1, 0.15) is 11.3 Å². The summed E-state index contributed by atoms with van der Waals surface area (Å²) in [6.45, 7) is 6.26. The number of nitrogens with zero attached hydrogens (tertiary/aromatic N) is 3. The molecule has 3 rings (SSSR count). The molecule has 0 atom stereocenters. The van der Waals surface area contributed by atoms with E-state index in [2.05, 4.69) is 50.2 Å². The van der Waals surface area contributed by atoms with E-state index in [1.54, 1.807) is 23.1 Å². The van der Waals surface area contributed by atoms with Crippen LogP contribution in [0.3, 0.4) is 0 Å². The van der Waals surface area contributed by atoms with Crippen LogP contribution in [0.4, 0.5) is 5.13 Å². The summed E-state index contributed by atoms with van der Waals surface area (Å²) in [5, 5.41) is 0.766. The number of anilines is 1. The first-order valence-electron chi connectivity index (χ1n) is 11.1. The minimum absolute atomic E-state index is 0.144. The van der Waals surface area contributed by atoms with Gasteiger partial charge in [-0.25, -0.2) is 4.98 Å². The number of hydrogen-bond acceptors (Lipinski definition) is 6. The van der Waals surface area contributed by atoms with Crippen molar-refractivity contribution in [2.75, 3.05) is 44.4 Å². The van der Waals surface area contributed by atoms with Gasteiger partial charge in [-0.15, -0.1) is 11.8 Å². The van der Waals surface area contributed by atoms with Crippen LogP contribution in [0.1, 0.15) is 31.7 Å². The Morgan fingerprint density at radius 3 is 2.59 bits per heavy atom. The van der Waals surface area contributed by atoms with Crippen LogP contribution < -0.4 is 9.64 Å². The van der Waals surface area contributed by atoms with Gasteiger partial charge >= 0.3 is 0 Å². The first-order chi connectivity index (χ1) is 15.5. The Morgan fingerprint density at radius 1 is 1.09 bits per heavy atom. The summed E-state index contributed by atoms with van der Waals surface area (Å²) in [5.74, 6) is 1.85. The minimum atomic E-state index is 0.144. The third kappa shape index (κ3) is 6.95. The van der Waals surface area contributed by atoms with Gasteiger partial charge in [-0.1, -0.05) is 35.1 Å². The molecule has 1 aromatic heterocycles. The summed E-state index contributed by atoms with van der Waals surface area (Å²) in [6, 6.07) is 14.5. The predicted octanol–water partition coefficient (Wildman–Crippen LogP) is 5.86. The highest BCUT2D eigenvalue weighted by Crippen LogP contribution is 2.34. The van der Waals surface area contributed by atoms with Gasteiger partial charge in [0.25, 0.3) is 0 Å². The molecule has 0 N–H and O–H groups in total. The topological polar surface area (TPSA) is 45.7 Å². The second-order valence-corrected chi connectivity index (χ2v) is 10.2. The zero-order valence-corrected chi connectivity index (χ0v) is 21.1. The van der Waals surface area contributed by atoms with Crippen LogP contribution in [-0.4, -0.2) is 55.3 Å². The third-order valence-corrected chi connectivity index (χ3v) is 7.16. The SMILES string of the molecule is CCOc1cccc2sc(N(CCCN(C)C)C(=O)CCCSc3ccc(C)cc3)nc12. The van der Waals surface area contributed by atoms with Crippen molar-refractivity contribution in [2.45, 2.75) is 38.0 Å². The summed E-state index contributed by atoms with van der Waals surface area (Å²) >= 11 is 3.37. The van der Waals surface area contributed by atoms with Crippen molar-refractivity contribution in [3.05, 3.63) is 48.0 Å². The lowest BCUT2D eigenvalue weighted by molar-refractivity contribution is -0.118. The van der Waals surface area contributed by atoms with Crippen LogP contribution in [0.15, 0.2) is 47.4 Å². The number of benzene rings is 2. The molecule has 1 amide bonds. The highest BCUT2D eigenvalue weighted by atomic mass is 32.2. The molecular formula is C25H33N3O2S2. The number of aryl methyl sites for hydroxylation is 1. The standard InChI is InChI=1S/C25H33N3O2S2/c1-5-30-21-9-6-10-22-24(21)26-25(32-22)28(17-8-16-27(3)4)23(29)11-7-18-31-20-14-12-19(2)13-15-20/h6,9-10,12-15H,5,7-8,11,16-18H2,1-4H3. The van der Waals surface area contributed by atoms with Crippen LogP contribution in [-0.2, 0) is 4.79 Å². The third-order valence-electron chi connectivity index (χ3n) is 5.01. The van der Waals surface area contributed by atoms with Gasteiger partial charge < -0.3 is 9.64 Å². The van der Waals surface area contributed by atoms with Crippen molar-refractivity contribution >= 4 is 44.4 Å². The van der Waals surface area contributed by atoms with E-state index < -0.39 is 0 Å². The van der Waals surface area contributed by atoms with Gasteiger partial charge in [-0.3, -0.25) is 9.69 Å². The monoisotopic (exact) mass is 471 g/mol. The average molecular weight is 472 g/mol. The lowest BCUT2D eigenvalue weighted by atomic mass is 10.2. The maximum atomic E-state index is 13.2. The maximum Gasteiger partial charge on any atom is 0.228 e. The Hall–Kier alpha value is -2.09. The van der Waals surface area contributed by atoms with Gasteiger partial charge in [0.05, 0.1) is 11.3 Å². The molecule has 0 saturated heterocycles. The lowest BCUT2D eigenvalue weighted by Crippen LogP contribution is -2.33. The molecule has 0 aliphatic carbocycles. The van der Waals surface area contributed by atoms with Crippen molar-refractivity contribution in [1.29, 1.82) is 0 Å². The van der Waals surface area contributed by atoms with Crippen LogP contribution in [0.5, 0.6) is 5.75 Å². The quantitative estimate of drug-likeness (QED) is 0.244. The molecule has 2 aromatic carbocycles. The van der Waals surface area contributed by atoms with Crippen molar-refractivity contribution in [3.63, 3.8) is 0 Å². The molecule has 0 saturated carbocycles. The van der Waals surface area contributed by atoms with Crippen molar-refractivity contribution in [1.82, 2.24) is 9.88 Å². The van der Waals surface area contributed by atoms with E-state index in [9.17, 15) is 4.79 Å². The van der Waals surface area contributed by atoms with Crippen molar-refractivity contribution < 1.29 is 9.53 Å². The number of hydrogen-bond donors (Lipinski definition) is 0. The summed E-state index contributed by atoms with van der Waals surface area (Å²) < 4.78 is 6.79. The molecule has 0 bridgehead atoms. The number of ether oxygens (including phenoxy) is 1. The molecule has 1 heterocycles. The Bertz CT molecular complexity index is 1000. The molecule has 0 fully saturated rings. The number of thiazole rings is 1. The molecular weight excluding hydrogens is 438 g/mol. The van der Waals surface area contributed by atoms with Gasteiger partial charge in [0.15, 0.2) is 5.13 Å². The van der Waals surface area contributed by atoms with E-state index in [0.29, 0.717) is 19.6 Å². The second-order valence-electron chi connectivity index (χ2n) is 8.00. The normalized spacial score (nSPS) is 11.3. The van der Waals surface area contributed by atoms with E-state index in [1.807, 2.05) is 30.0 Å². The zero-order chi connectivity index (χ0) is 22.9. The fourth-order valence-electron chi connectivity index (χ4n) is 3.35. The molecule has 3 aromatic rings. The molecule has 172 valence electrons. The first-order valence-corrected chi connectivity index (χ1v) is 12.9. The summed E-state index contributed by atoms with van der Waals surface area (Å²) in [7, 11) is 4.11. The summed E-state index contributed by atoms with van der Waals surface area (Å²) in [6.07, 6.45) is 2.27. The molecule has 32 heavy (non-hydrogen) atoms. The number of rotatable bonds is 12. The highest BCUT2D eigenvalue weighted by Gasteiger charge is 2.20. The molecule has 0 radical (unpaired) electrons. The van der Waals surface area contributed by atoms with Crippen molar-refractivity contribution in [3.8, 4) is 5.75 Å². The van der Waals surface area contributed by atoms with Crippen LogP contribution >= 0.6 is 23.1 Å². The number of carbonyl (C=O) groups excluding carboxylic acids is 1. The van der Waals surface area contributed by atoms with Crippen molar-refractivity contribution in [2.24, 2.45) is 0 Å². The fraction of sp³-hybridized carbons (Fsp3) is 0.440. The van der Waals surface area contributed by atoms with Crippen LogP contribution in [0.25, 0.3) is 10.2 Å². The highest BCUT2D eigenvalue weighted by molar-refractivity contribution is 7.99. The predicted molar refractivity (Wildman–Crippen MR) is 137 cm³/mol. The number of para-hydroxylation sites is 1. The van der Waals surface area contributed by atoms with Gasteiger partial charge in [-0.05, 0) is 77.3 Å². The van der Waals surface area contributed by atoms with E-state index in [4.69, 9.17) is 9.72 Å². The Morgan fingerprint density at radius 2 is 1.88 bits per heavy atom. The molecule has 0 unspecified atom stereocenters. The second kappa shape index (κ2) is 12.2. The number of carbonyl (C=O) groups is 1. The van der Waals surface area contributed by atoms with E-state index >= 15 is 0 Å². The first kappa shape index (κ1) is 24.6. The molecule has 7 heteroatoms. The van der Waals surface area contributed by atoms with Gasteiger partial charge in [0, 0.05) is 17.9 Å². The van der Waals surface area contributed by atoms with Crippen LogP contribution in [0, 0.1) is 6.92 Å². The molecule has 0 aliphatic heterocycles. The van der Waals surface area contributed by atoms with Crippen LogP contribution in [0.2, 0.25) is 0 Å². The Labute approximate surface area is 199 Å². The van der Waals surface area contributed by atoms with Gasteiger partial charge in [-0.2, -0.15) is 0 Å². The van der Waals surface area contributed by atoms with E-state index in [1.165, 1.54) is 10.5 Å². The summed E-state index contributed by atoms with van der Waals surface area (Å²) in [4.78, 5) is 23.3. The maximum absolute atomic E-state index is 13.2. The average Bonchev–Trinajstić information content (AvgIpc) is 3.20. The fourth-order valence-corrected chi connectivity index (χ4v) is 5.23. The minimum Gasteiger partial charge on any atom is -0.492 e. The molecule has 0 spiro atoms. The zero-order valence-electron chi connectivity index (χ0n) is 19.5. The molecule has 5 nitrogen and oxygen atoms in total. The Kier molecular flexibility index (Phi) is 9.38. The van der Waals surface area contributed by atoms with E-state index in [0.717, 1.165) is 46.2 Å². The number of fused-ring (bicyclic) bond motifs is 1. The largest absolute Gasteiger partial charge is 0.492 e. The lowest BCUT2D eigenvalue weighted by Gasteiger charge is -2.21. The van der Waals surface area contributed by atoms with E-state index in [-0.39, 0.29) is 5.91 Å². The Balaban J connectivity index is 1.67. The number of thioether (sulfide) groups is 1. The molecule has 0 aliphatic rings. The van der Waals surface area contributed by atoms with Gasteiger partial charge in [0.2, 0.25) is 5.91 Å². The number of aromatic nitrogens is 1. The summed E-state index contributed by atoms with van der Waals surface area (Å²) in [5.41, 5.74) is 2.11. The number of amides is 1. The smallest absolute Gasteiger partial charge is 0.228 e.